The Bertz CT molecular complexity index is 292. The molecule has 18 heavy (non-hydrogen) atoms. The molecular formula is C16H28N2. The molecule has 2 bridgehead atoms. The van der Waals surface area contributed by atoms with Crippen molar-refractivity contribution in [2.45, 2.75) is 63.8 Å². The molecule has 4 aliphatic carbocycles. The van der Waals surface area contributed by atoms with Crippen LogP contribution >= 0.6 is 0 Å². The lowest BCUT2D eigenvalue weighted by molar-refractivity contribution is 0.255. The highest BCUT2D eigenvalue weighted by Crippen LogP contribution is 2.70. The Kier molecular flexibility index (Phi) is 2.92. The first-order chi connectivity index (χ1) is 8.90. The monoisotopic (exact) mass is 248 g/mol. The van der Waals surface area contributed by atoms with Crippen molar-refractivity contribution in [3.05, 3.63) is 0 Å². The average Bonchev–Trinajstić information content (AvgIpc) is 2.94. The Morgan fingerprint density at radius 2 is 1.44 bits per heavy atom. The molecule has 0 heterocycles. The normalized spacial score (nSPS) is 48.8. The number of nitrogens with one attached hydrogen (secondary N) is 1. The van der Waals surface area contributed by atoms with Crippen LogP contribution in [0.2, 0.25) is 0 Å². The molecule has 0 aromatic carbocycles. The van der Waals surface area contributed by atoms with Crippen LogP contribution in [0.3, 0.4) is 0 Å². The van der Waals surface area contributed by atoms with E-state index in [1.807, 2.05) is 0 Å². The number of hydrogen-bond donors (Lipinski definition) is 2. The van der Waals surface area contributed by atoms with E-state index in [1.54, 1.807) is 6.42 Å². The molecular weight excluding hydrogens is 220 g/mol. The van der Waals surface area contributed by atoms with Crippen LogP contribution in [0.5, 0.6) is 0 Å². The lowest BCUT2D eigenvalue weighted by atomic mass is 9.85. The quantitative estimate of drug-likeness (QED) is 0.457. The van der Waals surface area contributed by atoms with E-state index < -0.39 is 0 Å². The second-order valence-corrected chi connectivity index (χ2v) is 7.51. The van der Waals surface area contributed by atoms with E-state index in [0.29, 0.717) is 6.04 Å². The number of rotatable bonds is 3. The van der Waals surface area contributed by atoms with Gasteiger partial charge in [0.1, 0.15) is 0 Å². The Hall–Kier alpha value is -0.0800. The zero-order valence-corrected chi connectivity index (χ0v) is 11.5. The summed E-state index contributed by atoms with van der Waals surface area (Å²) in [5.74, 6) is 12.1. The van der Waals surface area contributed by atoms with E-state index in [4.69, 9.17) is 5.84 Å². The predicted octanol–water partition coefficient (Wildman–Crippen LogP) is 3.08. The lowest BCUT2D eigenvalue weighted by Gasteiger charge is -2.28. The second kappa shape index (κ2) is 4.49. The summed E-state index contributed by atoms with van der Waals surface area (Å²) < 4.78 is 0. The maximum Gasteiger partial charge on any atom is 0.0272 e. The van der Waals surface area contributed by atoms with E-state index in [2.05, 4.69) is 5.43 Å². The van der Waals surface area contributed by atoms with Gasteiger partial charge in [0.2, 0.25) is 0 Å². The summed E-state index contributed by atoms with van der Waals surface area (Å²) in [6.45, 7) is 0. The van der Waals surface area contributed by atoms with Crippen LogP contribution in [0.4, 0.5) is 0 Å². The summed E-state index contributed by atoms with van der Waals surface area (Å²) in [5, 5.41) is 0. The van der Waals surface area contributed by atoms with Gasteiger partial charge in [-0.25, -0.2) is 0 Å². The van der Waals surface area contributed by atoms with Crippen LogP contribution in [-0.2, 0) is 0 Å². The van der Waals surface area contributed by atoms with Crippen LogP contribution < -0.4 is 11.3 Å². The summed E-state index contributed by atoms with van der Waals surface area (Å²) in [4.78, 5) is 0. The van der Waals surface area contributed by atoms with Crippen molar-refractivity contribution < 1.29 is 0 Å². The van der Waals surface area contributed by atoms with Gasteiger partial charge in [-0.1, -0.05) is 25.7 Å². The number of fused-ring (bicyclic) bond motifs is 5. The molecule has 0 amide bonds. The highest BCUT2D eigenvalue weighted by Gasteiger charge is 2.67. The topological polar surface area (TPSA) is 38.0 Å². The number of nitrogens with two attached hydrogens (primary N) is 1. The fraction of sp³-hybridized carbons (Fsp3) is 1.00. The zero-order valence-electron chi connectivity index (χ0n) is 11.5. The Labute approximate surface area is 111 Å². The molecule has 0 aliphatic heterocycles. The minimum absolute atomic E-state index is 0.654. The minimum Gasteiger partial charge on any atom is -0.271 e. The lowest BCUT2D eigenvalue weighted by Crippen LogP contribution is -2.44. The van der Waals surface area contributed by atoms with Gasteiger partial charge in [0.05, 0.1) is 0 Å². The summed E-state index contributed by atoms with van der Waals surface area (Å²) in [6, 6.07) is 0.654. The van der Waals surface area contributed by atoms with E-state index >= 15 is 0 Å². The summed E-state index contributed by atoms with van der Waals surface area (Å²) in [5.41, 5.74) is 3.26. The van der Waals surface area contributed by atoms with Gasteiger partial charge < -0.3 is 0 Å². The molecule has 2 heteroatoms. The molecule has 0 aromatic rings. The van der Waals surface area contributed by atoms with Crippen LogP contribution in [0, 0.1) is 35.5 Å². The third kappa shape index (κ3) is 1.68. The summed E-state index contributed by atoms with van der Waals surface area (Å²) in [7, 11) is 0. The first-order valence-corrected chi connectivity index (χ1v) is 8.36. The molecule has 4 rings (SSSR count). The highest BCUT2D eigenvalue weighted by molar-refractivity contribution is 5.16. The largest absolute Gasteiger partial charge is 0.271 e. The molecule has 4 aliphatic rings. The average molecular weight is 248 g/mol. The highest BCUT2D eigenvalue weighted by atomic mass is 15.2. The van der Waals surface area contributed by atoms with Crippen molar-refractivity contribution in [1.29, 1.82) is 0 Å². The second-order valence-electron chi connectivity index (χ2n) is 7.51. The molecule has 102 valence electrons. The number of hydrogen-bond acceptors (Lipinski definition) is 2. The molecule has 0 saturated heterocycles. The molecule has 3 N–H and O–H groups in total. The molecule has 4 fully saturated rings. The molecule has 0 radical (unpaired) electrons. The van der Waals surface area contributed by atoms with Crippen LogP contribution in [0.1, 0.15) is 57.8 Å². The standard InChI is InChI=1S/C16H28N2/c17-18-16(10-5-3-1-2-4-6-10)15-13-11-7-8-12(9-11)14(13)15/h10-16,18H,1-9,17H2. The third-order valence-electron chi connectivity index (χ3n) is 6.81. The minimum atomic E-state index is 0.654. The molecule has 5 atom stereocenters. The SMILES string of the molecule is NNC(C1CCCCCC1)C1C2C3CCC(C3)C21. The van der Waals surface area contributed by atoms with E-state index in [0.717, 1.165) is 35.5 Å². The fourth-order valence-corrected chi connectivity index (χ4v) is 6.10. The first-order valence-electron chi connectivity index (χ1n) is 8.36. The first kappa shape index (κ1) is 11.7. The smallest absolute Gasteiger partial charge is 0.0272 e. The van der Waals surface area contributed by atoms with Crippen molar-refractivity contribution in [3.63, 3.8) is 0 Å². The van der Waals surface area contributed by atoms with Crippen molar-refractivity contribution >= 4 is 0 Å². The van der Waals surface area contributed by atoms with Crippen molar-refractivity contribution in [3.8, 4) is 0 Å². The van der Waals surface area contributed by atoms with Gasteiger partial charge in [-0.2, -0.15) is 0 Å². The van der Waals surface area contributed by atoms with Crippen molar-refractivity contribution in [2.75, 3.05) is 0 Å². The Morgan fingerprint density at radius 3 is 2.00 bits per heavy atom. The van der Waals surface area contributed by atoms with Gasteiger partial charge in [0.25, 0.3) is 0 Å². The van der Waals surface area contributed by atoms with Gasteiger partial charge in [-0.3, -0.25) is 11.3 Å². The van der Waals surface area contributed by atoms with Crippen molar-refractivity contribution in [1.82, 2.24) is 5.43 Å². The Balaban J connectivity index is 1.46. The van der Waals surface area contributed by atoms with Gasteiger partial charge in [0, 0.05) is 6.04 Å². The molecule has 5 unspecified atom stereocenters. The van der Waals surface area contributed by atoms with Gasteiger partial charge >= 0.3 is 0 Å². The van der Waals surface area contributed by atoms with Crippen LogP contribution in [0.25, 0.3) is 0 Å². The van der Waals surface area contributed by atoms with Crippen molar-refractivity contribution in [2.24, 2.45) is 41.4 Å². The maximum absolute atomic E-state index is 5.96. The van der Waals surface area contributed by atoms with Crippen LogP contribution in [0.15, 0.2) is 0 Å². The van der Waals surface area contributed by atoms with E-state index in [-0.39, 0.29) is 0 Å². The summed E-state index contributed by atoms with van der Waals surface area (Å²) >= 11 is 0. The summed E-state index contributed by atoms with van der Waals surface area (Å²) in [6.07, 6.45) is 13.3. The Morgan fingerprint density at radius 1 is 0.833 bits per heavy atom. The molecule has 0 aromatic heterocycles. The zero-order chi connectivity index (χ0) is 12.1. The van der Waals surface area contributed by atoms with E-state index in [1.165, 1.54) is 51.4 Å². The van der Waals surface area contributed by atoms with Crippen LogP contribution in [-0.4, -0.2) is 6.04 Å². The van der Waals surface area contributed by atoms with E-state index in [9.17, 15) is 0 Å². The maximum atomic E-state index is 5.96. The van der Waals surface area contributed by atoms with Gasteiger partial charge in [-0.15, -0.1) is 0 Å². The number of hydrazine groups is 1. The molecule has 4 saturated carbocycles. The fourth-order valence-electron chi connectivity index (χ4n) is 6.10. The predicted molar refractivity (Wildman–Crippen MR) is 73.6 cm³/mol. The van der Waals surface area contributed by atoms with Gasteiger partial charge in [0.15, 0.2) is 0 Å². The molecule has 2 nitrogen and oxygen atoms in total. The third-order valence-corrected chi connectivity index (χ3v) is 6.81. The van der Waals surface area contributed by atoms with Gasteiger partial charge in [-0.05, 0) is 67.6 Å². The molecule has 0 spiro atoms.